The molecule has 0 heterocycles. The Bertz CT molecular complexity index is 284. The van der Waals surface area contributed by atoms with Gasteiger partial charge in [0.2, 0.25) is 0 Å². The van der Waals surface area contributed by atoms with E-state index in [0.717, 1.165) is 10.3 Å². The molecule has 0 aromatic carbocycles. The van der Waals surface area contributed by atoms with Gasteiger partial charge in [0.05, 0.1) is 26.4 Å². The molecule has 0 saturated carbocycles. The highest BCUT2D eigenvalue weighted by atomic mass is 17.0. The fourth-order valence-electron chi connectivity index (χ4n) is 1.28. The van der Waals surface area contributed by atoms with Crippen molar-refractivity contribution in [1.29, 1.82) is 0 Å². The first-order chi connectivity index (χ1) is 9.56. The Morgan fingerprint density at radius 2 is 1.60 bits per heavy atom. The average Bonchev–Trinajstić information content (AvgIpc) is 2.41. The zero-order valence-corrected chi connectivity index (χ0v) is 12.3. The molecule has 0 aromatic heterocycles. The van der Waals surface area contributed by atoms with Gasteiger partial charge in [-0.3, -0.25) is 4.84 Å². The molecule has 0 unspecified atom stereocenters. The van der Waals surface area contributed by atoms with Crippen molar-refractivity contribution in [2.45, 2.75) is 27.2 Å². The summed E-state index contributed by atoms with van der Waals surface area (Å²) in [6.07, 6.45) is 0.487. The normalized spacial score (nSPS) is 10.2. The molecule has 20 heavy (non-hydrogen) atoms. The largest absolute Gasteiger partial charge is 0.393 e. The number of primary amides is 1. The van der Waals surface area contributed by atoms with Crippen molar-refractivity contribution in [3.8, 4) is 0 Å². The second-order valence-electron chi connectivity index (χ2n) is 3.54. The molecule has 0 aliphatic carbocycles. The van der Waals surface area contributed by atoms with Gasteiger partial charge in [0.15, 0.2) is 0 Å². The topological polar surface area (TPSA) is 106 Å². The van der Waals surface area contributed by atoms with E-state index in [9.17, 15) is 9.59 Å². The van der Waals surface area contributed by atoms with Crippen LogP contribution < -0.4 is 11.1 Å². The van der Waals surface area contributed by atoms with Gasteiger partial charge >= 0.3 is 12.1 Å². The van der Waals surface area contributed by atoms with Crippen molar-refractivity contribution in [3.63, 3.8) is 0 Å². The Balaban J connectivity index is 4.37. The average molecular weight is 292 g/mol. The molecule has 0 aromatic rings. The number of hydrogen-bond acceptors (Lipinski definition) is 5. The number of hydroxylamine groups is 4. The van der Waals surface area contributed by atoms with E-state index in [2.05, 4.69) is 5.32 Å². The Morgan fingerprint density at radius 3 is 2.05 bits per heavy atom. The standard InChI is InChI=1S/C11H24N4O5/c1-4-18-14(9-7-8-13-10(12)16)11(17)15(19-5-2)20-6-3/h4-9H2,1-3H3,(H3,12,13,16). The van der Waals surface area contributed by atoms with Crippen LogP contribution in [-0.4, -0.2) is 55.3 Å². The number of nitrogens with one attached hydrogen (secondary N) is 1. The van der Waals surface area contributed by atoms with Crippen molar-refractivity contribution in [2.75, 3.05) is 32.9 Å². The van der Waals surface area contributed by atoms with Crippen LogP contribution in [0.5, 0.6) is 0 Å². The van der Waals surface area contributed by atoms with Gasteiger partial charge in [-0.2, -0.15) is 5.06 Å². The molecule has 0 radical (unpaired) electrons. The third-order valence-corrected chi connectivity index (χ3v) is 1.98. The van der Waals surface area contributed by atoms with Gasteiger partial charge in [0.1, 0.15) is 0 Å². The fourth-order valence-corrected chi connectivity index (χ4v) is 1.28. The summed E-state index contributed by atoms with van der Waals surface area (Å²) in [5.41, 5.74) is 4.95. The molecule has 0 fully saturated rings. The highest BCUT2D eigenvalue weighted by molar-refractivity contribution is 5.71. The smallest absolute Gasteiger partial charge is 0.352 e. The highest BCUT2D eigenvalue weighted by Gasteiger charge is 2.23. The predicted molar refractivity (Wildman–Crippen MR) is 71.0 cm³/mol. The van der Waals surface area contributed by atoms with Crippen LogP contribution in [0.4, 0.5) is 9.59 Å². The lowest BCUT2D eigenvalue weighted by Crippen LogP contribution is -2.44. The molecular weight excluding hydrogens is 268 g/mol. The van der Waals surface area contributed by atoms with Crippen LogP contribution in [0.15, 0.2) is 0 Å². The van der Waals surface area contributed by atoms with Crippen LogP contribution in [0.3, 0.4) is 0 Å². The van der Waals surface area contributed by atoms with Crippen molar-refractivity contribution < 1.29 is 24.1 Å². The predicted octanol–water partition coefficient (Wildman–Crippen LogP) is 0.623. The number of urea groups is 2. The van der Waals surface area contributed by atoms with Gasteiger partial charge in [-0.1, -0.05) is 5.23 Å². The fraction of sp³-hybridized carbons (Fsp3) is 0.818. The Morgan fingerprint density at radius 1 is 1.05 bits per heavy atom. The molecule has 0 aliphatic heterocycles. The van der Waals surface area contributed by atoms with Crippen LogP contribution in [0.1, 0.15) is 27.2 Å². The molecular formula is C11H24N4O5. The van der Waals surface area contributed by atoms with Crippen LogP contribution in [-0.2, 0) is 14.5 Å². The molecule has 0 aliphatic rings. The van der Waals surface area contributed by atoms with Crippen LogP contribution in [0.25, 0.3) is 0 Å². The van der Waals surface area contributed by atoms with E-state index < -0.39 is 12.1 Å². The molecule has 0 bridgehead atoms. The zero-order chi connectivity index (χ0) is 15.4. The summed E-state index contributed by atoms with van der Waals surface area (Å²) in [5, 5.41) is 4.34. The third-order valence-electron chi connectivity index (χ3n) is 1.98. The second kappa shape index (κ2) is 11.3. The Labute approximate surface area is 118 Å². The summed E-state index contributed by atoms with van der Waals surface area (Å²) in [5.74, 6) is 0. The van der Waals surface area contributed by atoms with Crippen molar-refractivity contribution >= 4 is 12.1 Å². The quantitative estimate of drug-likeness (QED) is 0.453. The summed E-state index contributed by atoms with van der Waals surface area (Å²) in [6, 6.07) is -1.17. The van der Waals surface area contributed by atoms with E-state index in [1.165, 1.54) is 0 Å². The van der Waals surface area contributed by atoms with E-state index in [0.29, 0.717) is 19.6 Å². The number of nitrogens with zero attached hydrogens (tertiary/aromatic N) is 2. The van der Waals surface area contributed by atoms with Crippen molar-refractivity contribution in [3.05, 3.63) is 0 Å². The lowest BCUT2D eigenvalue weighted by molar-refractivity contribution is -0.337. The number of carbonyl (C=O) groups is 2. The number of nitrogens with two attached hydrogens (primary N) is 1. The molecule has 0 atom stereocenters. The Kier molecular flexibility index (Phi) is 10.4. The minimum Gasteiger partial charge on any atom is -0.352 e. The molecule has 9 nitrogen and oxygen atoms in total. The number of carbonyl (C=O) groups excluding carboxylic acids is 2. The summed E-state index contributed by atoms with van der Waals surface area (Å²) in [6.45, 7) is 6.74. The zero-order valence-electron chi connectivity index (χ0n) is 12.3. The van der Waals surface area contributed by atoms with Gasteiger partial charge in [-0.05, 0) is 27.2 Å². The minimum atomic E-state index is -0.607. The first kappa shape index (κ1) is 18.4. The summed E-state index contributed by atoms with van der Waals surface area (Å²) in [4.78, 5) is 38.0. The lowest BCUT2D eigenvalue weighted by Gasteiger charge is -2.27. The first-order valence-electron chi connectivity index (χ1n) is 6.60. The maximum atomic E-state index is 12.1. The van der Waals surface area contributed by atoms with Gasteiger partial charge in [0.25, 0.3) is 0 Å². The van der Waals surface area contributed by atoms with E-state index in [1.54, 1.807) is 20.8 Å². The minimum absolute atomic E-state index is 0.267. The first-order valence-corrected chi connectivity index (χ1v) is 6.60. The van der Waals surface area contributed by atoms with E-state index in [1.807, 2.05) is 0 Å². The maximum absolute atomic E-state index is 12.1. The van der Waals surface area contributed by atoms with Crippen LogP contribution in [0, 0.1) is 0 Å². The van der Waals surface area contributed by atoms with Crippen molar-refractivity contribution in [1.82, 2.24) is 15.6 Å². The molecule has 118 valence electrons. The lowest BCUT2D eigenvalue weighted by atomic mass is 10.4. The highest BCUT2D eigenvalue weighted by Crippen LogP contribution is 2.04. The summed E-state index contributed by atoms with van der Waals surface area (Å²) >= 11 is 0. The van der Waals surface area contributed by atoms with E-state index in [-0.39, 0.29) is 19.8 Å². The molecule has 0 rings (SSSR count). The number of rotatable bonds is 10. The SMILES string of the molecule is CCON(CCCNC(N)=O)C(=O)N(OCC)OCC. The van der Waals surface area contributed by atoms with Gasteiger partial charge in [-0.15, -0.1) is 0 Å². The monoisotopic (exact) mass is 292 g/mol. The van der Waals surface area contributed by atoms with E-state index in [4.69, 9.17) is 20.2 Å². The van der Waals surface area contributed by atoms with Gasteiger partial charge < -0.3 is 11.1 Å². The summed E-state index contributed by atoms with van der Waals surface area (Å²) in [7, 11) is 0. The van der Waals surface area contributed by atoms with Gasteiger partial charge in [-0.25, -0.2) is 19.3 Å². The number of hydrogen-bond donors (Lipinski definition) is 2. The second-order valence-corrected chi connectivity index (χ2v) is 3.54. The molecule has 0 spiro atoms. The molecule has 3 N–H and O–H groups in total. The molecule has 9 heteroatoms. The molecule has 4 amide bonds. The van der Waals surface area contributed by atoms with E-state index >= 15 is 0 Å². The van der Waals surface area contributed by atoms with Crippen molar-refractivity contribution in [2.24, 2.45) is 5.73 Å². The maximum Gasteiger partial charge on any atom is 0.393 e. The third kappa shape index (κ3) is 7.77. The Hall–Kier alpha value is -1.58. The molecule has 0 saturated heterocycles. The number of amides is 4. The summed E-state index contributed by atoms with van der Waals surface area (Å²) < 4.78 is 0. The van der Waals surface area contributed by atoms with Crippen LogP contribution >= 0.6 is 0 Å². The van der Waals surface area contributed by atoms with Crippen LogP contribution in [0.2, 0.25) is 0 Å². The van der Waals surface area contributed by atoms with Gasteiger partial charge in [0, 0.05) is 6.54 Å².